The Morgan fingerprint density at radius 3 is 2.64 bits per heavy atom. The van der Waals surface area contributed by atoms with Gasteiger partial charge in [-0.1, -0.05) is 17.7 Å². The van der Waals surface area contributed by atoms with E-state index in [1.165, 1.54) is 46.5 Å². The molecule has 0 saturated heterocycles. The van der Waals surface area contributed by atoms with Crippen molar-refractivity contribution in [1.29, 1.82) is 0 Å². The van der Waals surface area contributed by atoms with Crippen LogP contribution in [0.25, 0.3) is 0 Å². The lowest BCUT2D eigenvalue weighted by Crippen LogP contribution is -2.15. The zero-order valence-corrected chi connectivity index (χ0v) is 17.0. The summed E-state index contributed by atoms with van der Waals surface area (Å²) in [5.41, 5.74) is 1.70. The number of aryl methyl sites for hydroxylation is 2. The third-order valence-corrected chi connectivity index (χ3v) is 7.04. The van der Waals surface area contributed by atoms with Gasteiger partial charge in [0.2, 0.25) is 0 Å². The number of carbonyl (C=O) groups excluding carboxylic acids is 1. The predicted molar refractivity (Wildman–Crippen MR) is 111 cm³/mol. The fourth-order valence-corrected chi connectivity index (χ4v) is 5.19. The molecule has 28 heavy (non-hydrogen) atoms. The van der Waals surface area contributed by atoms with Crippen LogP contribution in [0.2, 0.25) is 5.02 Å². The molecule has 1 aromatic heterocycles. The van der Waals surface area contributed by atoms with Gasteiger partial charge in [-0.25, -0.2) is 13.4 Å². The van der Waals surface area contributed by atoms with E-state index in [9.17, 15) is 13.2 Å². The average molecular weight is 434 g/mol. The van der Waals surface area contributed by atoms with Crippen molar-refractivity contribution in [2.24, 2.45) is 0 Å². The van der Waals surface area contributed by atoms with E-state index >= 15 is 0 Å². The van der Waals surface area contributed by atoms with E-state index in [-0.39, 0.29) is 10.8 Å². The largest absolute Gasteiger partial charge is 0.298 e. The van der Waals surface area contributed by atoms with Gasteiger partial charge in [-0.3, -0.25) is 14.8 Å². The van der Waals surface area contributed by atoms with Crippen LogP contribution in [0.4, 0.5) is 10.8 Å². The van der Waals surface area contributed by atoms with Crippen molar-refractivity contribution in [2.75, 3.05) is 10.0 Å². The number of nitrogens with one attached hydrogen (secondary N) is 2. The first-order valence-corrected chi connectivity index (χ1v) is 11.3. The highest BCUT2D eigenvalue weighted by molar-refractivity contribution is 7.92. The van der Waals surface area contributed by atoms with Gasteiger partial charge >= 0.3 is 0 Å². The summed E-state index contributed by atoms with van der Waals surface area (Å²) in [6.07, 6.45) is 3.06. The molecule has 4 rings (SSSR count). The van der Waals surface area contributed by atoms with E-state index in [4.69, 9.17) is 11.6 Å². The van der Waals surface area contributed by atoms with Crippen molar-refractivity contribution in [3.05, 3.63) is 69.7 Å². The highest BCUT2D eigenvalue weighted by atomic mass is 35.5. The van der Waals surface area contributed by atoms with E-state index in [1.807, 2.05) is 0 Å². The van der Waals surface area contributed by atoms with Crippen LogP contribution in [0.5, 0.6) is 0 Å². The van der Waals surface area contributed by atoms with E-state index in [1.54, 1.807) is 18.2 Å². The molecule has 1 aliphatic rings. The Kier molecular flexibility index (Phi) is 5.09. The summed E-state index contributed by atoms with van der Waals surface area (Å²) in [5.74, 6) is -0.333. The number of halogens is 1. The molecule has 1 amide bonds. The Morgan fingerprint density at radius 1 is 1.11 bits per heavy atom. The summed E-state index contributed by atoms with van der Waals surface area (Å²) in [6, 6.07) is 12.2. The monoisotopic (exact) mass is 433 g/mol. The van der Waals surface area contributed by atoms with Gasteiger partial charge in [0.05, 0.1) is 10.6 Å². The third kappa shape index (κ3) is 4.04. The summed E-state index contributed by atoms with van der Waals surface area (Å²) in [6.45, 7) is 0. The first kappa shape index (κ1) is 18.9. The zero-order valence-electron chi connectivity index (χ0n) is 14.6. The van der Waals surface area contributed by atoms with E-state index < -0.39 is 10.0 Å². The number of hydrogen-bond acceptors (Lipinski definition) is 5. The molecule has 3 aromatic rings. The van der Waals surface area contributed by atoms with Gasteiger partial charge in [0, 0.05) is 21.2 Å². The van der Waals surface area contributed by atoms with Crippen molar-refractivity contribution in [3.8, 4) is 0 Å². The molecular weight excluding hydrogens is 418 g/mol. The average Bonchev–Trinajstić information content (AvgIpc) is 3.23. The van der Waals surface area contributed by atoms with Crippen molar-refractivity contribution >= 4 is 49.7 Å². The first-order chi connectivity index (χ1) is 13.4. The molecule has 6 nitrogen and oxygen atoms in total. The number of aromatic nitrogens is 1. The quantitative estimate of drug-likeness (QED) is 0.626. The summed E-state index contributed by atoms with van der Waals surface area (Å²) < 4.78 is 27.5. The normalized spacial score (nSPS) is 13.2. The molecule has 1 heterocycles. The van der Waals surface area contributed by atoms with Gasteiger partial charge in [-0.05, 0) is 61.7 Å². The van der Waals surface area contributed by atoms with Gasteiger partial charge in [0.15, 0.2) is 5.13 Å². The number of hydrogen-bond donors (Lipinski definition) is 2. The van der Waals surface area contributed by atoms with Crippen molar-refractivity contribution in [3.63, 3.8) is 0 Å². The van der Waals surface area contributed by atoms with Gasteiger partial charge in [-0.2, -0.15) is 0 Å². The second kappa shape index (κ2) is 7.54. The molecule has 0 fully saturated rings. The number of rotatable bonds is 5. The fourth-order valence-electron chi connectivity index (χ4n) is 2.96. The maximum absolute atomic E-state index is 12.5. The number of carbonyl (C=O) groups is 1. The molecule has 0 aliphatic heterocycles. The van der Waals surface area contributed by atoms with Crippen LogP contribution in [-0.4, -0.2) is 19.3 Å². The van der Waals surface area contributed by atoms with Crippen LogP contribution in [0.1, 0.15) is 27.3 Å². The van der Waals surface area contributed by atoms with Gasteiger partial charge in [0.25, 0.3) is 15.9 Å². The molecule has 0 radical (unpaired) electrons. The lowest BCUT2D eigenvalue weighted by molar-refractivity contribution is 0.102. The molecule has 2 N–H and O–H groups in total. The van der Waals surface area contributed by atoms with Crippen LogP contribution in [0.3, 0.4) is 0 Å². The Labute approximate surface area is 171 Å². The predicted octanol–water partition coefficient (Wildman–Crippen LogP) is 4.34. The van der Waals surface area contributed by atoms with Crippen LogP contribution >= 0.6 is 22.9 Å². The molecule has 0 spiro atoms. The Hall–Kier alpha value is -2.42. The highest BCUT2D eigenvalue weighted by Gasteiger charge is 2.19. The molecular formula is C19H16ClN3O3S2. The van der Waals surface area contributed by atoms with Crippen molar-refractivity contribution < 1.29 is 13.2 Å². The first-order valence-electron chi connectivity index (χ1n) is 8.59. The van der Waals surface area contributed by atoms with Gasteiger partial charge in [0.1, 0.15) is 0 Å². The molecule has 9 heteroatoms. The second-order valence-corrected chi connectivity index (χ2v) is 9.54. The Balaban J connectivity index is 1.50. The summed E-state index contributed by atoms with van der Waals surface area (Å²) >= 11 is 7.30. The standard InChI is InChI=1S/C19H16ClN3O3S2/c20-13-7-9-15(10-8-13)28(25,26)23-14-4-1-3-12(11-14)18(24)22-19-21-16-5-2-6-17(16)27-19/h1,3-4,7-11,23H,2,5-6H2,(H,21,22,24). The van der Waals surface area contributed by atoms with Gasteiger partial charge < -0.3 is 0 Å². The topological polar surface area (TPSA) is 88.2 Å². The van der Waals surface area contributed by atoms with Crippen molar-refractivity contribution in [1.82, 2.24) is 4.98 Å². The van der Waals surface area contributed by atoms with Crippen molar-refractivity contribution in [2.45, 2.75) is 24.2 Å². The molecule has 144 valence electrons. The maximum Gasteiger partial charge on any atom is 0.261 e. The Bertz CT molecular complexity index is 1120. The van der Waals surface area contributed by atoms with Crippen LogP contribution in [0, 0.1) is 0 Å². The van der Waals surface area contributed by atoms with E-state index in [0.29, 0.717) is 21.4 Å². The second-order valence-electron chi connectivity index (χ2n) is 6.34. The number of amides is 1. The van der Waals surface area contributed by atoms with E-state index in [0.717, 1.165) is 25.0 Å². The molecule has 2 aromatic carbocycles. The lowest BCUT2D eigenvalue weighted by atomic mass is 10.2. The number of anilines is 2. The molecule has 0 unspecified atom stereocenters. The molecule has 1 aliphatic carbocycles. The Morgan fingerprint density at radius 2 is 1.89 bits per heavy atom. The number of fused-ring (bicyclic) bond motifs is 1. The van der Waals surface area contributed by atoms with Crippen LogP contribution in [-0.2, 0) is 22.9 Å². The zero-order chi connectivity index (χ0) is 19.7. The summed E-state index contributed by atoms with van der Waals surface area (Å²) in [7, 11) is -3.78. The minimum absolute atomic E-state index is 0.0871. The molecule has 0 saturated carbocycles. The van der Waals surface area contributed by atoms with Crippen LogP contribution in [0.15, 0.2) is 53.4 Å². The molecule has 0 atom stereocenters. The van der Waals surface area contributed by atoms with E-state index in [2.05, 4.69) is 15.0 Å². The number of thiazole rings is 1. The van der Waals surface area contributed by atoms with Crippen LogP contribution < -0.4 is 10.0 Å². The van der Waals surface area contributed by atoms with Gasteiger partial charge in [-0.15, -0.1) is 11.3 Å². The lowest BCUT2D eigenvalue weighted by Gasteiger charge is -2.09. The smallest absolute Gasteiger partial charge is 0.261 e. The number of benzene rings is 2. The minimum Gasteiger partial charge on any atom is -0.298 e. The third-order valence-electron chi connectivity index (χ3n) is 4.32. The molecule has 0 bridgehead atoms. The SMILES string of the molecule is O=C(Nc1nc2c(s1)CCC2)c1cccc(NS(=O)(=O)c2ccc(Cl)cc2)c1. The number of nitrogens with zero attached hydrogens (tertiary/aromatic N) is 1. The fraction of sp³-hybridized carbons (Fsp3) is 0.158. The number of sulfonamides is 1. The highest BCUT2D eigenvalue weighted by Crippen LogP contribution is 2.30. The summed E-state index contributed by atoms with van der Waals surface area (Å²) in [5, 5.41) is 3.81. The minimum atomic E-state index is -3.78. The maximum atomic E-state index is 12.5. The summed E-state index contributed by atoms with van der Waals surface area (Å²) in [4.78, 5) is 18.3.